The molecule has 0 unspecified atom stereocenters. The van der Waals surface area contributed by atoms with E-state index in [9.17, 15) is 9.90 Å². The van der Waals surface area contributed by atoms with Gasteiger partial charge in [0.2, 0.25) is 0 Å². The first-order valence-corrected chi connectivity index (χ1v) is 6.35. The number of aromatic carboxylic acids is 1. The van der Waals surface area contributed by atoms with Crippen LogP contribution in [0, 0.1) is 0 Å². The first-order valence-electron chi connectivity index (χ1n) is 6.35. The maximum atomic E-state index is 11.4. The minimum atomic E-state index is -0.977. The van der Waals surface area contributed by atoms with Crippen LogP contribution in [0.4, 0.5) is 5.82 Å². The summed E-state index contributed by atoms with van der Waals surface area (Å²) in [7, 11) is 1.84. The highest BCUT2D eigenvalue weighted by atomic mass is 16.4. The van der Waals surface area contributed by atoms with E-state index in [-0.39, 0.29) is 5.56 Å². The summed E-state index contributed by atoms with van der Waals surface area (Å²) in [6.07, 6.45) is 1.60. The number of aromatic nitrogens is 4. The Morgan fingerprint density at radius 1 is 1.38 bits per heavy atom. The van der Waals surface area contributed by atoms with E-state index in [2.05, 4.69) is 20.5 Å². The number of carboxylic acids is 1. The minimum Gasteiger partial charge on any atom is -0.478 e. The molecule has 0 fully saturated rings. The molecule has 0 spiro atoms. The summed E-state index contributed by atoms with van der Waals surface area (Å²) in [6, 6.07) is 8.69. The summed E-state index contributed by atoms with van der Waals surface area (Å²) in [5, 5.41) is 20.8. The van der Waals surface area contributed by atoms with Gasteiger partial charge in [0.25, 0.3) is 0 Å². The van der Waals surface area contributed by atoms with E-state index in [1.807, 2.05) is 13.1 Å². The zero-order valence-electron chi connectivity index (χ0n) is 11.3. The number of hydrogen-bond donors (Lipinski definition) is 2. The molecule has 0 bridgehead atoms. The number of carboxylic acid groups (broad SMARTS) is 1. The van der Waals surface area contributed by atoms with Crippen LogP contribution in [0.2, 0.25) is 0 Å². The van der Waals surface area contributed by atoms with E-state index in [1.54, 1.807) is 29.1 Å². The second kappa shape index (κ2) is 5.20. The third-order valence-corrected chi connectivity index (χ3v) is 3.18. The quantitative estimate of drug-likeness (QED) is 0.756. The average molecular weight is 283 g/mol. The molecule has 0 saturated heterocycles. The Balaban J connectivity index is 1.95. The number of nitrogens with zero attached hydrogens (tertiary/aromatic N) is 4. The number of carbonyl (C=O) groups is 1. The summed E-state index contributed by atoms with van der Waals surface area (Å²) in [4.78, 5) is 15.8. The van der Waals surface area contributed by atoms with E-state index in [0.717, 1.165) is 5.82 Å². The summed E-state index contributed by atoms with van der Waals surface area (Å²) >= 11 is 0. The van der Waals surface area contributed by atoms with E-state index in [0.29, 0.717) is 23.3 Å². The number of rotatable bonds is 4. The second-order valence-corrected chi connectivity index (χ2v) is 4.59. The van der Waals surface area contributed by atoms with Crippen LogP contribution in [0.15, 0.2) is 36.7 Å². The molecular weight excluding hydrogens is 270 g/mol. The molecule has 2 heterocycles. The van der Waals surface area contributed by atoms with Crippen LogP contribution in [0.1, 0.15) is 16.2 Å². The lowest BCUT2D eigenvalue weighted by Gasteiger charge is -2.08. The van der Waals surface area contributed by atoms with E-state index < -0.39 is 5.97 Å². The van der Waals surface area contributed by atoms with Gasteiger partial charge in [0.15, 0.2) is 5.82 Å². The van der Waals surface area contributed by atoms with Crippen molar-refractivity contribution in [2.24, 2.45) is 7.05 Å². The molecule has 1 aromatic carbocycles. The minimum absolute atomic E-state index is 0.223. The van der Waals surface area contributed by atoms with Crippen LogP contribution in [0.5, 0.6) is 0 Å². The van der Waals surface area contributed by atoms with Crippen molar-refractivity contribution in [2.75, 3.05) is 5.32 Å². The molecule has 0 saturated carbocycles. The highest BCUT2D eigenvalue weighted by Crippen LogP contribution is 2.21. The van der Waals surface area contributed by atoms with Crippen LogP contribution in [-0.2, 0) is 13.6 Å². The van der Waals surface area contributed by atoms with Crippen LogP contribution in [-0.4, -0.2) is 30.8 Å². The summed E-state index contributed by atoms with van der Waals surface area (Å²) in [5.41, 5.74) is 0.860. The lowest BCUT2D eigenvalue weighted by molar-refractivity contribution is 0.0699. The van der Waals surface area contributed by atoms with E-state index in [4.69, 9.17) is 0 Å². The first-order chi connectivity index (χ1) is 10.1. The molecule has 0 atom stereocenters. The molecule has 0 aliphatic heterocycles. The zero-order chi connectivity index (χ0) is 14.8. The van der Waals surface area contributed by atoms with Crippen LogP contribution in [0.25, 0.3) is 10.9 Å². The van der Waals surface area contributed by atoms with Crippen LogP contribution < -0.4 is 5.32 Å². The molecule has 3 aromatic rings. The van der Waals surface area contributed by atoms with Gasteiger partial charge in [-0.3, -0.25) is 0 Å². The van der Waals surface area contributed by atoms with Crippen LogP contribution >= 0.6 is 0 Å². The molecule has 21 heavy (non-hydrogen) atoms. The van der Waals surface area contributed by atoms with E-state index in [1.165, 1.54) is 6.07 Å². The maximum absolute atomic E-state index is 11.4. The fraction of sp³-hybridized carbons (Fsp3) is 0.143. The van der Waals surface area contributed by atoms with Gasteiger partial charge in [-0.1, -0.05) is 18.2 Å². The third-order valence-electron chi connectivity index (χ3n) is 3.18. The lowest BCUT2D eigenvalue weighted by Crippen LogP contribution is -2.08. The van der Waals surface area contributed by atoms with Gasteiger partial charge in [-0.25, -0.2) is 9.78 Å². The van der Waals surface area contributed by atoms with Crippen molar-refractivity contribution in [2.45, 2.75) is 6.54 Å². The molecular formula is C14H13N5O2. The Morgan fingerprint density at radius 3 is 2.90 bits per heavy atom. The SMILES string of the molecule is Cn1cnnc1CNc1cc(C(=O)O)c2ccccc2n1. The molecule has 0 amide bonds. The Bertz CT molecular complexity index is 812. The Morgan fingerprint density at radius 2 is 2.19 bits per heavy atom. The molecule has 7 nitrogen and oxygen atoms in total. The number of para-hydroxylation sites is 1. The molecule has 7 heteroatoms. The van der Waals surface area contributed by atoms with Gasteiger partial charge in [-0.2, -0.15) is 0 Å². The van der Waals surface area contributed by atoms with Gasteiger partial charge >= 0.3 is 5.97 Å². The number of nitrogens with one attached hydrogen (secondary N) is 1. The number of hydrogen-bond acceptors (Lipinski definition) is 5. The second-order valence-electron chi connectivity index (χ2n) is 4.59. The van der Waals surface area contributed by atoms with Crippen molar-refractivity contribution in [3.8, 4) is 0 Å². The lowest BCUT2D eigenvalue weighted by atomic mass is 10.1. The molecule has 106 valence electrons. The predicted octanol–water partition coefficient (Wildman–Crippen LogP) is 1.67. The topological polar surface area (TPSA) is 92.9 Å². The fourth-order valence-corrected chi connectivity index (χ4v) is 2.08. The highest BCUT2D eigenvalue weighted by molar-refractivity contribution is 6.03. The first kappa shape index (κ1) is 13.0. The smallest absolute Gasteiger partial charge is 0.336 e. The van der Waals surface area contributed by atoms with Crippen molar-refractivity contribution < 1.29 is 9.90 Å². The predicted molar refractivity (Wildman–Crippen MR) is 77.0 cm³/mol. The normalized spacial score (nSPS) is 10.7. The number of anilines is 1. The number of benzene rings is 1. The molecule has 0 radical (unpaired) electrons. The van der Waals surface area contributed by atoms with Crippen molar-refractivity contribution in [3.05, 3.63) is 48.0 Å². The number of pyridine rings is 1. The standard InChI is InChI=1S/C14H13N5O2/c1-19-8-16-18-13(19)7-15-12-6-10(14(20)21)9-4-2-3-5-11(9)17-12/h2-6,8H,7H2,1H3,(H,15,17)(H,20,21). The maximum Gasteiger partial charge on any atom is 0.336 e. The van der Waals surface area contributed by atoms with Gasteiger partial charge in [0.05, 0.1) is 17.6 Å². The monoisotopic (exact) mass is 283 g/mol. The Kier molecular flexibility index (Phi) is 3.23. The fourth-order valence-electron chi connectivity index (χ4n) is 2.08. The Labute approximate surface area is 120 Å². The van der Waals surface area contributed by atoms with Crippen molar-refractivity contribution >= 4 is 22.7 Å². The van der Waals surface area contributed by atoms with Gasteiger partial charge in [0, 0.05) is 12.4 Å². The molecule has 0 aliphatic rings. The summed E-state index contributed by atoms with van der Waals surface area (Å²) < 4.78 is 1.78. The summed E-state index contributed by atoms with van der Waals surface area (Å²) in [6.45, 7) is 0.418. The van der Waals surface area contributed by atoms with Gasteiger partial charge < -0.3 is 15.0 Å². The van der Waals surface area contributed by atoms with Gasteiger partial charge in [-0.05, 0) is 12.1 Å². The highest BCUT2D eigenvalue weighted by Gasteiger charge is 2.11. The van der Waals surface area contributed by atoms with Gasteiger partial charge in [0.1, 0.15) is 12.1 Å². The van der Waals surface area contributed by atoms with Crippen molar-refractivity contribution in [1.29, 1.82) is 0 Å². The van der Waals surface area contributed by atoms with Gasteiger partial charge in [-0.15, -0.1) is 10.2 Å². The average Bonchev–Trinajstić information content (AvgIpc) is 2.89. The third kappa shape index (κ3) is 2.53. The summed E-state index contributed by atoms with van der Waals surface area (Å²) in [5.74, 6) is 0.256. The van der Waals surface area contributed by atoms with Crippen molar-refractivity contribution in [1.82, 2.24) is 19.7 Å². The van der Waals surface area contributed by atoms with Crippen molar-refractivity contribution in [3.63, 3.8) is 0 Å². The van der Waals surface area contributed by atoms with E-state index >= 15 is 0 Å². The van der Waals surface area contributed by atoms with Crippen LogP contribution in [0.3, 0.4) is 0 Å². The Hall–Kier alpha value is -2.96. The molecule has 2 N–H and O–H groups in total. The zero-order valence-corrected chi connectivity index (χ0v) is 11.3. The molecule has 0 aliphatic carbocycles. The number of fused-ring (bicyclic) bond motifs is 1. The molecule has 2 aromatic heterocycles. The molecule has 3 rings (SSSR count). The largest absolute Gasteiger partial charge is 0.478 e. The number of aryl methyl sites for hydroxylation is 1.